The Labute approximate surface area is 136 Å². The number of rotatable bonds is 4. The molecule has 1 aromatic rings. The molecule has 0 bridgehead atoms. The van der Waals surface area contributed by atoms with Crippen LogP contribution in [0.25, 0.3) is 0 Å². The summed E-state index contributed by atoms with van der Waals surface area (Å²) in [7, 11) is 6.18. The highest BCUT2D eigenvalue weighted by atomic mass is 79.9. The van der Waals surface area contributed by atoms with Crippen LogP contribution in [0.1, 0.15) is 44.2 Å². The number of nitrogens with one attached hydrogen (secondary N) is 1. The van der Waals surface area contributed by atoms with E-state index in [1.165, 1.54) is 12.8 Å². The van der Waals surface area contributed by atoms with E-state index in [1.807, 2.05) is 19.2 Å². The van der Waals surface area contributed by atoms with Gasteiger partial charge in [-0.3, -0.25) is 0 Å². The van der Waals surface area contributed by atoms with Gasteiger partial charge < -0.3 is 10.2 Å². The molecule has 1 aliphatic carbocycles. The van der Waals surface area contributed by atoms with Crippen LogP contribution >= 0.6 is 15.9 Å². The van der Waals surface area contributed by atoms with Crippen molar-refractivity contribution in [3.05, 3.63) is 34.1 Å². The van der Waals surface area contributed by atoms with Crippen LogP contribution in [-0.4, -0.2) is 31.6 Å². The van der Waals surface area contributed by atoms with E-state index < -0.39 is 0 Å². The summed E-state index contributed by atoms with van der Waals surface area (Å²) >= 11 is 3.32. The number of hydrogen-bond donors (Lipinski definition) is 1. The largest absolute Gasteiger partial charge is 0.311 e. The van der Waals surface area contributed by atoms with Crippen molar-refractivity contribution in [3.8, 4) is 0 Å². The Kier molecular flexibility index (Phi) is 5.44. The Hall–Kier alpha value is -0.450. The van der Waals surface area contributed by atoms with Crippen LogP contribution < -0.4 is 5.32 Å². The van der Waals surface area contributed by atoms with E-state index in [0.717, 1.165) is 24.3 Å². The van der Waals surface area contributed by atoms with Crippen molar-refractivity contribution in [2.45, 2.75) is 44.2 Å². The molecule has 2 nitrogen and oxygen atoms in total. The first-order valence-electron chi connectivity index (χ1n) is 7.71. The summed E-state index contributed by atoms with van der Waals surface area (Å²) in [6.45, 7) is 2.31. The summed E-state index contributed by atoms with van der Waals surface area (Å²) in [6.07, 6.45) is 4.59. The van der Waals surface area contributed by atoms with E-state index in [1.54, 1.807) is 6.07 Å². The van der Waals surface area contributed by atoms with E-state index in [-0.39, 0.29) is 17.4 Å². The van der Waals surface area contributed by atoms with Gasteiger partial charge in [-0.15, -0.1) is 0 Å². The highest BCUT2D eigenvalue weighted by Gasteiger charge is 2.44. The van der Waals surface area contributed by atoms with E-state index >= 15 is 0 Å². The highest BCUT2D eigenvalue weighted by molar-refractivity contribution is 9.10. The summed E-state index contributed by atoms with van der Waals surface area (Å²) in [4.78, 5) is 2.29. The van der Waals surface area contributed by atoms with Gasteiger partial charge in [-0.1, -0.05) is 19.1 Å². The minimum absolute atomic E-state index is 0.00231. The second-order valence-electron chi connectivity index (χ2n) is 6.55. The van der Waals surface area contributed by atoms with Crippen LogP contribution in [0.3, 0.4) is 0 Å². The van der Waals surface area contributed by atoms with Crippen molar-refractivity contribution >= 4 is 15.9 Å². The van der Waals surface area contributed by atoms with Gasteiger partial charge in [0.1, 0.15) is 5.82 Å². The highest BCUT2D eigenvalue weighted by Crippen LogP contribution is 2.44. The smallest absolute Gasteiger partial charge is 0.142 e. The molecule has 0 aliphatic heterocycles. The molecule has 0 heterocycles. The maximum Gasteiger partial charge on any atom is 0.142 e. The number of benzene rings is 1. The molecule has 1 unspecified atom stereocenters. The molecular formula is C17H26BrFN2. The number of likely N-dealkylation sites (N-methyl/N-ethyl adjacent to an activating group) is 2. The molecule has 1 atom stereocenters. The summed E-state index contributed by atoms with van der Waals surface area (Å²) < 4.78 is 15.1. The molecule has 1 N–H and O–H groups in total. The zero-order chi connectivity index (χ0) is 15.6. The second-order valence-corrected chi connectivity index (χ2v) is 7.40. The van der Waals surface area contributed by atoms with Gasteiger partial charge in [0.2, 0.25) is 0 Å². The zero-order valence-electron chi connectivity index (χ0n) is 13.4. The molecule has 1 fully saturated rings. The predicted octanol–water partition coefficient (Wildman–Crippen LogP) is 4.36. The molecule has 1 aromatic carbocycles. The first kappa shape index (κ1) is 16.9. The van der Waals surface area contributed by atoms with E-state index in [2.05, 4.69) is 47.2 Å². The maximum absolute atomic E-state index is 14.6. The van der Waals surface area contributed by atoms with Gasteiger partial charge in [-0.2, -0.15) is 0 Å². The Balaban J connectivity index is 2.43. The number of hydrogen-bond acceptors (Lipinski definition) is 2. The molecule has 0 saturated heterocycles. The van der Waals surface area contributed by atoms with Crippen molar-refractivity contribution in [1.82, 2.24) is 10.2 Å². The Morgan fingerprint density at radius 2 is 1.95 bits per heavy atom. The van der Waals surface area contributed by atoms with E-state index in [9.17, 15) is 4.39 Å². The molecule has 0 spiro atoms. The van der Waals surface area contributed by atoms with Crippen molar-refractivity contribution < 1.29 is 4.39 Å². The first-order valence-corrected chi connectivity index (χ1v) is 8.50. The fraction of sp³-hybridized carbons (Fsp3) is 0.647. The lowest BCUT2D eigenvalue weighted by Gasteiger charge is -2.50. The third-order valence-corrected chi connectivity index (χ3v) is 5.76. The summed E-state index contributed by atoms with van der Waals surface area (Å²) in [5.74, 6) is 0.625. The molecule has 1 aliphatic rings. The average molecular weight is 357 g/mol. The molecule has 0 amide bonds. The molecule has 0 aromatic heterocycles. The van der Waals surface area contributed by atoms with Gasteiger partial charge in [-0.25, -0.2) is 4.39 Å². The molecule has 118 valence electrons. The molecule has 4 heteroatoms. The second kappa shape index (κ2) is 6.76. The number of nitrogens with zero attached hydrogens (tertiary/aromatic N) is 1. The fourth-order valence-electron chi connectivity index (χ4n) is 3.71. The quantitative estimate of drug-likeness (QED) is 0.861. The third kappa shape index (κ3) is 3.17. The summed E-state index contributed by atoms with van der Waals surface area (Å²) in [5, 5.41) is 3.39. The first-order chi connectivity index (χ1) is 9.92. The topological polar surface area (TPSA) is 15.3 Å². The van der Waals surface area contributed by atoms with Gasteiger partial charge in [0.05, 0.1) is 10.5 Å². The minimum atomic E-state index is -0.142. The Bertz CT molecular complexity index is 482. The van der Waals surface area contributed by atoms with Gasteiger partial charge in [0, 0.05) is 11.1 Å². The van der Waals surface area contributed by atoms with E-state index in [4.69, 9.17) is 0 Å². The van der Waals surface area contributed by atoms with Gasteiger partial charge >= 0.3 is 0 Å². The average Bonchev–Trinajstić information content (AvgIpc) is 2.46. The van der Waals surface area contributed by atoms with Crippen molar-refractivity contribution in [2.24, 2.45) is 5.92 Å². The summed E-state index contributed by atoms with van der Waals surface area (Å²) in [6, 6.07) is 5.58. The van der Waals surface area contributed by atoms with Crippen LogP contribution in [0.4, 0.5) is 4.39 Å². The fourth-order valence-corrected chi connectivity index (χ4v) is 4.09. The van der Waals surface area contributed by atoms with Crippen LogP contribution in [-0.2, 0) is 0 Å². The van der Waals surface area contributed by atoms with Crippen LogP contribution in [0, 0.1) is 11.7 Å². The zero-order valence-corrected chi connectivity index (χ0v) is 15.0. The van der Waals surface area contributed by atoms with Crippen molar-refractivity contribution in [3.63, 3.8) is 0 Å². The van der Waals surface area contributed by atoms with Gasteiger partial charge in [0.15, 0.2) is 0 Å². The normalized spacial score (nSPS) is 27.9. The summed E-state index contributed by atoms with van der Waals surface area (Å²) in [5.41, 5.74) is 0.734. The maximum atomic E-state index is 14.6. The SMILES string of the molecule is CNC(c1cccc(Br)c1F)C1(N(C)C)CCC(C)CC1. The number of halogens is 2. The van der Waals surface area contributed by atoms with Gasteiger partial charge in [0.25, 0.3) is 0 Å². The molecule has 1 saturated carbocycles. The van der Waals surface area contributed by atoms with E-state index in [0.29, 0.717) is 4.47 Å². The lowest BCUT2D eigenvalue weighted by atomic mass is 9.70. The lowest BCUT2D eigenvalue weighted by molar-refractivity contribution is 0.0443. The van der Waals surface area contributed by atoms with Crippen LogP contribution in [0.2, 0.25) is 0 Å². The van der Waals surface area contributed by atoms with Crippen LogP contribution in [0.15, 0.2) is 22.7 Å². The lowest BCUT2D eigenvalue weighted by Crippen LogP contribution is -2.55. The molecule has 0 radical (unpaired) electrons. The van der Waals surface area contributed by atoms with Gasteiger partial charge in [-0.05, 0) is 74.7 Å². The van der Waals surface area contributed by atoms with Crippen LogP contribution in [0.5, 0.6) is 0 Å². The molecular weight excluding hydrogens is 331 g/mol. The Morgan fingerprint density at radius 1 is 1.33 bits per heavy atom. The van der Waals surface area contributed by atoms with Crippen molar-refractivity contribution in [1.29, 1.82) is 0 Å². The minimum Gasteiger partial charge on any atom is -0.311 e. The predicted molar refractivity (Wildman–Crippen MR) is 90.0 cm³/mol. The third-order valence-electron chi connectivity index (χ3n) is 5.15. The molecule has 2 rings (SSSR count). The Morgan fingerprint density at radius 3 is 2.48 bits per heavy atom. The van der Waals surface area contributed by atoms with Crippen molar-refractivity contribution in [2.75, 3.05) is 21.1 Å². The standard InChI is InChI=1S/C17H26BrFN2/c1-12-8-10-17(11-9-12,21(3)4)16(20-2)13-6-5-7-14(18)15(13)19/h5-7,12,16,20H,8-11H2,1-4H3. The molecule has 21 heavy (non-hydrogen) atoms. The monoisotopic (exact) mass is 356 g/mol.